The summed E-state index contributed by atoms with van der Waals surface area (Å²) in [6, 6.07) is 14.5. The van der Waals surface area contributed by atoms with E-state index >= 15 is 0 Å². The highest BCUT2D eigenvalue weighted by molar-refractivity contribution is 7.91. The Morgan fingerprint density at radius 3 is 2.51 bits per heavy atom. The van der Waals surface area contributed by atoms with Gasteiger partial charge in [0.2, 0.25) is 15.9 Å². The Morgan fingerprint density at radius 1 is 1.17 bits per heavy atom. The monoisotopic (exact) mass is 501 g/mol. The molecule has 2 saturated heterocycles. The predicted molar refractivity (Wildman–Crippen MR) is 135 cm³/mol. The lowest BCUT2D eigenvalue weighted by Crippen LogP contribution is -2.60. The number of rotatable bonds is 7. The lowest BCUT2D eigenvalue weighted by atomic mass is 9.87. The molecule has 0 bridgehead atoms. The number of nitrogens with one attached hydrogen (secondary N) is 1. The third-order valence-electron chi connectivity index (χ3n) is 7.27. The third kappa shape index (κ3) is 4.95. The van der Waals surface area contributed by atoms with Gasteiger partial charge in [-0.1, -0.05) is 30.3 Å². The molecule has 2 aromatic rings. The largest absolute Gasteiger partial charge is 0.759 e. The fraction of sp³-hybridized carbons (Fsp3) is 0.500. The molecule has 1 N–H and O–H groups in total. The molecule has 2 aliphatic heterocycles. The van der Waals surface area contributed by atoms with Crippen molar-refractivity contribution < 1.29 is 22.7 Å². The molecule has 0 atom stereocenters. The van der Waals surface area contributed by atoms with Crippen LogP contribution < -0.4 is 10.2 Å². The van der Waals surface area contributed by atoms with E-state index in [1.165, 1.54) is 15.3 Å². The second-order valence-electron chi connectivity index (χ2n) is 9.25. The van der Waals surface area contributed by atoms with Crippen molar-refractivity contribution in [2.45, 2.75) is 50.2 Å². The summed E-state index contributed by atoms with van der Waals surface area (Å²) in [6.07, 6.45) is 1.30. The Kier molecular flexibility index (Phi) is 7.80. The van der Waals surface area contributed by atoms with Gasteiger partial charge >= 0.3 is 0 Å². The minimum Gasteiger partial charge on any atom is -0.759 e. The van der Waals surface area contributed by atoms with E-state index in [2.05, 4.69) is 31.2 Å². The van der Waals surface area contributed by atoms with Crippen molar-refractivity contribution in [1.29, 1.82) is 0 Å². The summed E-state index contributed by atoms with van der Waals surface area (Å²) >= 11 is 0. The van der Waals surface area contributed by atoms with Crippen LogP contribution in [0.1, 0.15) is 49.7 Å². The molecule has 0 aliphatic carbocycles. The molecule has 0 aromatic heterocycles. The van der Waals surface area contributed by atoms with E-state index in [-0.39, 0.29) is 32.0 Å². The number of ether oxygens (including phenoxy) is 2. The SMILES string of the molecule is CCOc1cccc(-c2ccc(C3CCN(S(=O)(=O)C4(C(=O)N[O-])CCOCC4)CC3)cc2C)c1. The summed E-state index contributed by atoms with van der Waals surface area (Å²) in [5.74, 6) is 0.0838. The first-order valence-electron chi connectivity index (χ1n) is 12.2. The second-order valence-corrected chi connectivity index (χ2v) is 11.5. The van der Waals surface area contributed by atoms with Crippen LogP contribution in [0.5, 0.6) is 5.75 Å². The van der Waals surface area contributed by atoms with Crippen molar-refractivity contribution in [1.82, 2.24) is 9.79 Å². The number of hydroxylamine groups is 1. The van der Waals surface area contributed by atoms with Crippen molar-refractivity contribution in [2.24, 2.45) is 0 Å². The maximum Gasteiger partial charge on any atom is 0.232 e. The van der Waals surface area contributed by atoms with Crippen molar-refractivity contribution in [2.75, 3.05) is 32.9 Å². The Balaban J connectivity index is 1.48. The standard InChI is InChI=1S/C26H33N2O6S/c1-3-34-23-6-4-5-22(18-23)24-8-7-21(17-19(24)2)20-9-13-28(14-10-20)35(31,32)26(25(29)27-30)11-15-33-16-12-26/h4-8,17-18,20H,3,9-16H2,1-2H3,(H-,27,29,30)/q-1. The number of hydrogen-bond donors (Lipinski definition) is 1. The smallest absolute Gasteiger partial charge is 0.232 e. The van der Waals surface area contributed by atoms with E-state index in [4.69, 9.17) is 9.47 Å². The van der Waals surface area contributed by atoms with E-state index < -0.39 is 20.7 Å². The third-order valence-corrected chi connectivity index (χ3v) is 9.90. The molecule has 4 rings (SSSR count). The normalized spacial score (nSPS) is 19.3. The zero-order valence-electron chi connectivity index (χ0n) is 20.3. The number of aryl methyl sites for hydroxylation is 1. The van der Waals surface area contributed by atoms with E-state index in [9.17, 15) is 18.4 Å². The van der Waals surface area contributed by atoms with Gasteiger partial charge in [0.05, 0.1) is 6.61 Å². The van der Waals surface area contributed by atoms with Crippen molar-refractivity contribution in [3.63, 3.8) is 0 Å². The van der Waals surface area contributed by atoms with Crippen LogP contribution in [0.3, 0.4) is 0 Å². The highest BCUT2D eigenvalue weighted by Crippen LogP contribution is 2.38. The number of carbonyl (C=O) groups excluding carboxylic acids is 1. The lowest BCUT2D eigenvalue weighted by molar-refractivity contribution is -0.125. The van der Waals surface area contributed by atoms with Crippen LogP contribution >= 0.6 is 0 Å². The number of sulfonamides is 1. The van der Waals surface area contributed by atoms with Gasteiger partial charge in [-0.15, -0.1) is 0 Å². The fourth-order valence-corrected chi connectivity index (χ4v) is 7.40. The zero-order chi connectivity index (χ0) is 25.1. The molecule has 0 spiro atoms. The average Bonchev–Trinajstić information content (AvgIpc) is 2.89. The topological polar surface area (TPSA) is 108 Å². The van der Waals surface area contributed by atoms with Crippen LogP contribution in [0.15, 0.2) is 42.5 Å². The van der Waals surface area contributed by atoms with Crippen LogP contribution in [-0.2, 0) is 19.6 Å². The van der Waals surface area contributed by atoms with Gasteiger partial charge in [0.25, 0.3) is 0 Å². The van der Waals surface area contributed by atoms with Crippen molar-refractivity contribution in [3.05, 3.63) is 58.8 Å². The molecular weight excluding hydrogens is 468 g/mol. The number of carbonyl (C=O) groups is 1. The van der Waals surface area contributed by atoms with Gasteiger partial charge < -0.3 is 20.2 Å². The van der Waals surface area contributed by atoms with Gasteiger partial charge in [0.1, 0.15) is 5.75 Å². The summed E-state index contributed by atoms with van der Waals surface area (Å²) in [4.78, 5) is 12.4. The molecule has 2 fully saturated rings. The van der Waals surface area contributed by atoms with Crippen molar-refractivity contribution in [3.8, 4) is 16.9 Å². The highest BCUT2D eigenvalue weighted by Gasteiger charge is 2.53. The van der Waals surface area contributed by atoms with Crippen LogP contribution in [-0.4, -0.2) is 56.3 Å². The van der Waals surface area contributed by atoms with Gasteiger partial charge in [-0.25, -0.2) is 12.7 Å². The molecule has 0 saturated carbocycles. The van der Waals surface area contributed by atoms with E-state index in [1.807, 2.05) is 25.1 Å². The van der Waals surface area contributed by atoms with Crippen LogP contribution in [0, 0.1) is 12.1 Å². The van der Waals surface area contributed by atoms with Crippen LogP contribution in [0.4, 0.5) is 0 Å². The molecule has 0 unspecified atom stereocenters. The van der Waals surface area contributed by atoms with Gasteiger partial charge in [0, 0.05) is 39.1 Å². The molecule has 2 aliphatic rings. The van der Waals surface area contributed by atoms with E-state index in [1.54, 1.807) is 0 Å². The first-order chi connectivity index (χ1) is 16.8. The molecular formula is C26H33N2O6S-. The quantitative estimate of drug-likeness (QED) is 0.579. The summed E-state index contributed by atoms with van der Waals surface area (Å²) in [6.45, 7) is 5.59. The number of benzene rings is 2. The Morgan fingerprint density at radius 2 is 1.89 bits per heavy atom. The van der Waals surface area contributed by atoms with Gasteiger partial charge in [-0.3, -0.25) is 4.79 Å². The fourth-order valence-electron chi connectivity index (χ4n) is 5.26. The van der Waals surface area contributed by atoms with Gasteiger partial charge in [0.15, 0.2) is 4.75 Å². The molecule has 190 valence electrons. The Labute approximate surface area is 207 Å². The summed E-state index contributed by atoms with van der Waals surface area (Å²) < 4.78 is 37.6. The summed E-state index contributed by atoms with van der Waals surface area (Å²) in [5, 5.41) is 11.2. The van der Waals surface area contributed by atoms with E-state index in [0.717, 1.165) is 22.4 Å². The molecule has 8 nitrogen and oxygen atoms in total. The molecule has 0 radical (unpaired) electrons. The molecule has 35 heavy (non-hydrogen) atoms. The number of amides is 1. The van der Waals surface area contributed by atoms with Gasteiger partial charge in [-0.05, 0) is 67.0 Å². The minimum atomic E-state index is -3.99. The summed E-state index contributed by atoms with van der Waals surface area (Å²) in [7, 11) is -3.99. The Bertz CT molecular complexity index is 1150. The maximum atomic E-state index is 13.5. The molecule has 2 heterocycles. The highest BCUT2D eigenvalue weighted by atomic mass is 32.2. The summed E-state index contributed by atoms with van der Waals surface area (Å²) in [5.41, 5.74) is 5.90. The van der Waals surface area contributed by atoms with Crippen LogP contribution in [0.2, 0.25) is 0 Å². The first-order valence-corrected chi connectivity index (χ1v) is 13.6. The van der Waals surface area contributed by atoms with Crippen LogP contribution in [0.25, 0.3) is 11.1 Å². The van der Waals surface area contributed by atoms with Gasteiger partial charge in [-0.2, -0.15) is 0 Å². The number of piperidine rings is 1. The predicted octanol–water partition coefficient (Wildman–Crippen LogP) is 3.73. The second kappa shape index (κ2) is 10.7. The molecule has 1 amide bonds. The lowest BCUT2D eigenvalue weighted by Gasteiger charge is -2.41. The van der Waals surface area contributed by atoms with E-state index in [0.29, 0.717) is 32.5 Å². The Hall–Kier alpha value is -2.46. The number of nitrogens with zero attached hydrogens (tertiary/aromatic N) is 1. The maximum absolute atomic E-state index is 13.5. The van der Waals surface area contributed by atoms with Crippen molar-refractivity contribution >= 4 is 15.9 Å². The zero-order valence-corrected chi connectivity index (χ0v) is 21.1. The molecule has 2 aromatic carbocycles. The minimum absolute atomic E-state index is 0.00547. The molecule has 9 heteroatoms. The first kappa shape index (κ1) is 25.6. The average molecular weight is 502 g/mol. The number of hydrogen-bond acceptors (Lipinski definition) is 6.